The highest BCUT2D eigenvalue weighted by atomic mass is 35.5. The van der Waals surface area contributed by atoms with Crippen molar-refractivity contribution in [2.45, 2.75) is 12.2 Å². The van der Waals surface area contributed by atoms with Gasteiger partial charge in [-0.15, -0.1) is 23.1 Å². The molecule has 8 heteroatoms. The van der Waals surface area contributed by atoms with E-state index in [2.05, 4.69) is 10.3 Å². The summed E-state index contributed by atoms with van der Waals surface area (Å²) in [5.74, 6) is 0.00805. The van der Waals surface area contributed by atoms with E-state index < -0.39 is 5.97 Å². The molecule has 0 radical (unpaired) electrons. The van der Waals surface area contributed by atoms with Crippen molar-refractivity contribution in [2.24, 2.45) is 0 Å². The van der Waals surface area contributed by atoms with E-state index in [1.54, 1.807) is 0 Å². The van der Waals surface area contributed by atoms with E-state index in [4.69, 9.17) is 16.7 Å². The number of hydrogen-bond donors (Lipinski definition) is 2. The Morgan fingerprint density at radius 1 is 1.39 bits per heavy atom. The smallest absolute Gasteiger partial charge is 0.355 e. The summed E-state index contributed by atoms with van der Waals surface area (Å²) in [6.07, 6.45) is 0.530. The van der Waals surface area contributed by atoms with Gasteiger partial charge in [0.1, 0.15) is 0 Å². The first-order valence-corrected chi connectivity index (χ1v) is 9.22. The van der Waals surface area contributed by atoms with E-state index in [1.165, 1.54) is 28.5 Å². The lowest BCUT2D eigenvalue weighted by Crippen LogP contribution is -2.27. The molecule has 2 aromatic rings. The van der Waals surface area contributed by atoms with Crippen molar-refractivity contribution in [2.75, 3.05) is 12.3 Å². The molecule has 2 rings (SSSR count). The maximum absolute atomic E-state index is 11.7. The molecular weight excluding hydrogens is 356 g/mol. The Balaban J connectivity index is 1.64. The van der Waals surface area contributed by atoms with Gasteiger partial charge in [0.05, 0.1) is 10.8 Å². The molecule has 0 saturated carbocycles. The quantitative estimate of drug-likeness (QED) is 0.746. The number of carbonyl (C=O) groups excluding carboxylic acids is 1. The maximum atomic E-state index is 11.7. The number of rotatable bonds is 8. The minimum absolute atomic E-state index is 0.0490. The molecule has 0 aliphatic rings. The summed E-state index contributed by atoms with van der Waals surface area (Å²) in [4.78, 5) is 26.4. The number of amides is 1. The van der Waals surface area contributed by atoms with Crippen LogP contribution in [0.2, 0.25) is 5.02 Å². The van der Waals surface area contributed by atoms with Crippen molar-refractivity contribution >= 4 is 46.6 Å². The monoisotopic (exact) mass is 370 g/mol. The van der Waals surface area contributed by atoms with Gasteiger partial charge in [-0.3, -0.25) is 4.79 Å². The van der Waals surface area contributed by atoms with Gasteiger partial charge >= 0.3 is 5.97 Å². The van der Waals surface area contributed by atoms with Crippen LogP contribution in [-0.4, -0.2) is 34.3 Å². The third-order valence-corrected chi connectivity index (χ3v) is 4.97. The molecule has 0 unspecified atom stereocenters. The van der Waals surface area contributed by atoms with E-state index in [0.717, 1.165) is 11.3 Å². The molecule has 0 atom stereocenters. The van der Waals surface area contributed by atoms with Crippen LogP contribution < -0.4 is 5.32 Å². The van der Waals surface area contributed by atoms with Crippen molar-refractivity contribution < 1.29 is 14.7 Å². The first-order chi connectivity index (χ1) is 11.0. The van der Waals surface area contributed by atoms with Crippen LogP contribution in [0.25, 0.3) is 0 Å². The van der Waals surface area contributed by atoms with Gasteiger partial charge in [0.15, 0.2) is 5.69 Å². The number of carboxylic acid groups (broad SMARTS) is 1. The SMILES string of the molecule is O=C(CSCc1cccc(Cl)c1)NCCc1nc(C(=O)O)cs1. The molecule has 2 N–H and O–H groups in total. The molecule has 122 valence electrons. The Morgan fingerprint density at radius 2 is 2.22 bits per heavy atom. The van der Waals surface area contributed by atoms with Crippen LogP contribution in [0.4, 0.5) is 0 Å². The lowest BCUT2D eigenvalue weighted by Gasteiger charge is -2.04. The minimum Gasteiger partial charge on any atom is -0.476 e. The largest absolute Gasteiger partial charge is 0.476 e. The molecule has 0 aliphatic carbocycles. The Bertz CT molecular complexity index is 691. The number of halogens is 1. The fourth-order valence-corrected chi connectivity index (χ4v) is 3.56. The first kappa shape index (κ1) is 17.8. The highest BCUT2D eigenvalue weighted by Gasteiger charge is 2.09. The van der Waals surface area contributed by atoms with Gasteiger partial charge in [0.25, 0.3) is 0 Å². The highest BCUT2D eigenvalue weighted by molar-refractivity contribution is 7.99. The summed E-state index contributed by atoms with van der Waals surface area (Å²) in [6, 6.07) is 7.56. The van der Waals surface area contributed by atoms with Crippen LogP contribution >= 0.6 is 34.7 Å². The highest BCUT2D eigenvalue weighted by Crippen LogP contribution is 2.16. The lowest BCUT2D eigenvalue weighted by molar-refractivity contribution is -0.118. The molecule has 1 heterocycles. The Labute approximate surface area is 147 Å². The number of thioether (sulfide) groups is 1. The average Bonchev–Trinajstić information content (AvgIpc) is 2.96. The Kier molecular flexibility index (Phi) is 6.88. The van der Waals surface area contributed by atoms with Crippen LogP contribution in [0.15, 0.2) is 29.6 Å². The second-order valence-corrected chi connectivity index (χ2v) is 7.02. The third-order valence-electron chi connectivity index (χ3n) is 2.82. The van der Waals surface area contributed by atoms with Crippen molar-refractivity contribution in [3.05, 3.63) is 50.9 Å². The number of carbonyl (C=O) groups is 2. The molecule has 23 heavy (non-hydrogen) atoms. The minimum atomic E-state index is -1.03. The molecule has 5 nitrogen and oxygen atoms in total. The molecule has 1 aromatic heterocycles. The third kappa shape index (κ3) is 6.21. The maximum Gasteiger partial charge on any atom is 0.355 e. The Morgan fingerprint density at radius 3 is 2.91 bits per heavy atom. The number of benzene rings is 1. The van der Waals surface area contributed by atoms with Gasteiger partial charge in [-0.2, -0.15) is 0 Å². The normalized spacial score (nSPS) is 10.5. The van der Waals surface area contributed by atoms with Crippen LogP contribution in [0, 0.1) is 0 Å². The second-order valence-electron chi connectivity index (χ2n) is 4.65. The summed E-state index contributed by atoms with van der Waals surface area (Å²) in [6.45, 7) is 0.448. The second kappa shape index (κ2) is 8.90. The van der Waals surface area contributed by atoms with E-state index in [9.17, 15) is 9.59 Å². The molecule has 1 aromatic carbocycles. The van der Waals surface area contributed by atoms with Crippen LogP contribution in [0.1, 0.15) is 21.1 Å². The van der Waals surface area contributed by atoms with Gasteiger partial charge in [0.2, 0.25) is 5.91 Å². The zero-order valence-electron chi connectivity index (χ0n) is 12.1. The summed E-state index contributed by atoms with van der Waals surface area (Å²) < 4.78 is 0. The van der Waals surface area contributed by atoms with E-state index >= 15 is 0 Å². The number of aromatic nitrogens is 1. The van der Waals surface area contributed by atoms with Crippen molar-refractivity contribution in [1.82, 2.24) is 10.3 Å². The molecule has 0 aliphatic heterocycles. The average molecular weight is 371 g/mol. The summed E-state index contributed by atoms with van der Waals surface area (Å²) in [7, 11) is 0. The van der Waals surface area contributed by atoms with E-state index in [-0.39, 0.29) is 11.6 Å². The summed E-state index contributed by atoms with van der Waals surface area (Å²) in [5, 5.41) is 14.5. The summed E-state index contributed by atoms with van der Waals surface area (Å²) >= 11 is 8.71. The first-order valence-electron chi connectivity index (χ1n) is 6.81. The van der Waals surface area contributed by atoms with Gasteiger partial charge in [0, 0.05) is 29.1 Å². The van der Waals surface area contributed by atoms with Gasteiger partial charge in [-0.1, -0.05) is 23.7 Å². The van der Waals surface area contributed by atoms with Crippen molar-refractivity contribution in [3.8, 4) is 0 Å². The van der Waals surface area contributed by atoms with Crippen LogP contribution in [0.5, 0.6) is 0 Å². The van der Waals surface area contributed by atoms with Crippen LogP contribution in [0.3, 0.4) is 0 Å². The zero-order chi connectivity index (χ0) is 16.7. The fraction of sp³-hybridized carbons (Fsp3) is 0.267. The van der Waals surface area contributed by atoms with E-state index in [0.29, 0.717) is 28.7 Å². The number of aromatic carboxylic acids is 1. The van der Waals surface area contributed by atoms with Crippen LogP contribution in [-0.2, 0) is 17.0 Å². The Hall–Kier alpha value is -1.57. The molecule has 1 amide bonds. The molecule has 0 bridgehead atoms. The standard InChI is InChI=1S/C15H15ClN2O3S2/c16-11-3-1-2-10(6-11)7-22-9-13(19)17-5-4-14-18-12(8-23-14)15(20)21/h1-3,6,8H,4-5,7,9H2,(H,17,19)(H,20,21). The van der Waals surface area contributed by atoms with Gasteiger partial charge in [-0.25, -0.2) is 9.78 Å². The number of thiazole rings is 1. The van der Waals surface area contributed by atoms with Crippen molar-refractivity contribution in [3.63, 3.8) is 0 Å². The number of nitrogens with one attached hydrogen (secondary N) is 1. The number of carboxylic acids is 1. The molecule has 0 spiro atoms. The molecular formula is C15H15ClN2O3S2. The topological polar surface area (TPSA) is 79.3 Å². The molecule has 0 fully saturated rings. The van der Waals surface area contributed by atoms with Gasteiger partial charge < -0.3 is 10.4 Å². The van der Waals surface area contributed by atoms with E-state index in [1.807, 2.05) is 24.3 Å². The number of hydrogen-bond acceptors (Lipinski definition) is 5. The van der Waals surface area contributed by atoms with Crippen molar-refractivity contribution in [1.29, 1.82) is 0 Å². The zero-order valence-corrected chi connectivity index (χ0v) is 14.5. The fourth-order valence-electron chi connectivity index (χ4n) is 1.77. The predicted molar refractivity (Wildman–Crippen MR) is 93.4 cm³/mol. The van der Waals surface area contributed by atoms with Gasteiger partial charge in [-0.05, 0) is 17.7 Å². The number of nitrogens with zero attached hydrogens (tertiary/aromatic N) is 1. The molecule has 0 saturated heterocycles. The summed E-state index contributed by atoms with van der Waals surface area (Å²) in [5.41, 5.74) is 1.13. The lowest BCUT2D eigenvalue weighted by atomic mass is 10.2. The predicted octanol–water partition coefficient (Wildman–Crippen LogP) is 3.09.